The van der Waals surface area contributed by atoms with Crippen molar-refractivity contribution < 1.29 is 8.81 Å². The highest BCUT2D eigenvalue weighted by Crippen LogP contribution is 2.27. The highest BCUT2D eigenvalue weighted by atomic mass is 79.9. The van der Waals surface area contributed by atoms with Gasteiger partial charge in [-0.2, -0.15) is 0 Å². The summed E-state index contributed by atoms with van der Waals surface area (Å²) in [7, 11) is 0. The molecule has 15 heavy (non-hydrogen) atoms. The van der Waals surface area contributed by atoms with Crippen LogP contribution < -0.4 is 0 Å². The lowest BCUT2D eigenvalue weighted by Crippen LogP contribution is -1.84. The summed E-state index contributed by atoms with van der Waals surface area (Å²) >= 11 is 8.86. The first kappa shape index (κ1) is 10.6. The summed E-state index contributed by atoms with van der Waals surface area (Å²) in [5.74, 6) is 0.0912. The molecule has 78 valence electrons. The molecule has 0 aliphatic heterocycles. The molecule has 0 unspecified atom stereocenters. The Balaban J connectivity index is 2.50. The number of oxazole rings is 1. The zero-order valence-electron chi connectivity index (χ0n) is 7.51. The molecule has 2 nitrogen and oxygen atoms in total. The molecular weight excluding hydrogens is 284 g/mol. The molecular formula is C10H6BrClFNO. The minimum atomic E-state index is -0.467. The van der Waals surface area contributed by atoms with Crippen LogP contribution in [0.25, 0.3) is 11.3 Å². The van der Waals surface area contributed by atoms with Crippen LogP contribution in [0, 0.1) is 5.82 Å². The molecule has 2 rings (SSSR count). The Hall–Kier alpha value is -0.870. The summed E-state index contributed by atoms with van der Waals surface area (Å²) in [5.41, 5.74) is 1.36. The average molecular weight is 291 g/mol. The summed E-state index contributed by atoms with van der Waals surface area (Å²) in [4.78, 5) is 3.99. The first-order valence-electron chi connectivity index (χ1n) is 4.16. The zero-order chi connectivity index (χ0) is 10.8. The Morgan fingerprint density at radius 2 is 2.27 bits per heavy atom. The van der Waals surface area contributed by atoms with Crippen molar-refractivity contribution in [3.05, 3.63) is 41.1 Å². The number of aromatic nitrogens is 1. The van der Waals surface area contributed by atoms with Gasteiger partial charge in [-0.3, -0.25) is 0 Å². The number of halogens is 3. The molecule has 0 saturated carbocycles. The number of nitrogens with zero attached hydrogens (tertiary/aromatic N) is 1. The fourth-order valence-corrected chi connectivity index (χ4v) is 1.75. The molecule has 0 bridgehead atoms. The lowest BCUT2D eigenvalue weighted by molar-refractivity contribution is 0.569. The number of benzene rings is 1. The maximum Gasteiger partial charge on any atom is 0.181 e. The molecule has 0 atom stereocenters. The van der Waals surface area contributed by atoms with Gasteiger partial charge in [-0.05, 0) is 18.2 Å². The molecule has 1 heterocycles. The van der Waals surface area contributed by atoms with Crippen molar-refractivity contribution in [3.63, 3.8) is 0 Å². The van der Waals surface area contributed by atoms with E-state index in [1.165, 1.54) is 18.5 Å². The Morgan fingerprint density at radius 3 is 2.93 bits per heavy atom. The van der Waals surface area contributed by atoms with Crippen molar-refractivity contribution in [1.29, 1.82) is 0 Å². The van der Waals surface area contributed by atoms with Crippen molar-refractivity contribution >= 4 is 27.5 Å². The van der Waals surface area contributed by atoms with Gasteiger partial charge >= 0.3 is 0 Å². The van der Waals surface area contributed by atoms with Crippen LogP contribution in [-0.4, -0.2) is 4.98 Å². The molecule has 0 aliphatic carbocycles. The van der Waals surface area contributed by atoms with Crippen LogP contribution in [0.15, 0.2) is 29.0 Å². The minimum Gasteiger partial charge on any atom is -0.443 e. The first-order valence-corrected chi connectivity index (χ1v) is 5.66. The number of rotatable bonds is 2. The van der Waals surface area contributed by atoms with Crippen LogP contribution in [0.5, 0.6) is 0 Å². The molecule has 0 aliphatic rings. The topological polar surface area (TPSA) is 26.0 Å². The third-order valence-electron chi connectivity index (χ3n) is 1.95. The zero-order valence-corrected chi connectivity index (χ0v) is 9.85. The number of alkyl halides is 1. The highest BCUT2D eigenvalue weighted by Gasteiger charge is 2.11. The molecule has 5 heteroatoms. The molecule has 0 saturated heterocycles. The van der Waals surface area contributed by atoms with Gasteiger partial charge in [0.1, 0.15) is 5.82 Å². The van der Waals surface area contributed by atoms with Gasteiger partial charge in [-0.25, -0.2) is 9.37 Å². The van der Waals surface area contributed by atoms with E-state index in [2.05, 4.69) is 20.9 Å². The van der Waals surface area contributed by atoms with E-state index in [4.69, 9.17) is 16.0 Å². The summed E-state index contributed by atoms with van der Waals surface area (Å²) in [6, 6.07) is 4.51. The maximum atomic E-state index is 13.2. The monoisotopic (exact) mass is 289 g/mol. The summed E-state index contributed by atoms with van der Waals surface area (Å²) in [6.07, 6.45) is 1.33. The molecule has 0 N–H and O–H groups in total. The summed E-state index contributed by atoms with van der Waals surface area (Å²) in [6.45, 7) is 0. The SMILES string of the molecule is Fc1cc(-c2ocnc2CBr)ccc1Cl. The van der Waals surface area contributed by atoms with Crippen LogP contribution in [-0.2, 0) is 5.33 Å². The van der Waals surface area contributed by atoms with Crippen molar-refractivity contribution in [1.82, 2.24) is 4.98 Å². The van der Waals surface area contributed by atoms with Crippen molar-refractivity contribution in [2.75, 3.05) is 0 Å². The van der Waals surface area contributed by atoms with Gasteiger partial charge in [-0.1, -0.05) is 27.5 Å². The molecule has 0 fully saturated rings. The second-order valence-corrected chi connectivity index (χ2v) is 3.86. The number of hydrogen-bond donors (Lipinski definition) is 0. The summed E-state index contributed by atoms with van der Waals surface area (Å²) < 4.78 is 18.4. The lowest BCUT2D eigenvalue weighted by Gasteiger charge is -2.00. The van der Waals surface area contributed by atoms with E-state index in [9.17, 15) is 4.39 Å². The molecule has 1 aromatic carbocycles. The largest absolute Gasteiger partial charge is 0.443 e. The van der Waals surface area contributed by atoms with Crippen LogP contribution in [0.2, 0.25) is 5.02 Å². The third kappa shape index (κ3) is 2.06. The molecule has 0 radical (unpaired) electrons. The van der Waals surface area contributed by atoms with Gasteiger partial charge in [0.05, 0.1) is 10.7 Å². The highest BCUT2D eigenvalue weighted by molar-refractivity contribution is 9.08. The Labute approximate surface area is 99.2 Å². The maximum absolute atomic E-state index is 13.2. The standard InChI is InChI=1S/C10H6BrClFNO/c11-4-9-10(15-5-14-9)6-1-2-7(12)8(13)3-6/h1-3,5H,4H2. The summed E-state index contributed by atoms with van der Waals surface area (Å²) in [5, 5.41) is 0.655. The average Bonchev–Trinajstić information content (AvgIpc) is 2.70. The predicted molar refractivity (Wildman–Crippen MR) is 59.5 cm³/mol. The van der Waals surface area contributed by atoms with Crippen molar-refractivity contribution in [3.8, 4) is 11.3 Å². The molecule has 2 aromatic rings. The van der Waals surface area contributed by atoms with E-state index in [0.717, 1.165) is 5.69 Å². The Morgan fingerprint density at radius 1 is 1.47 bits per heavy atom. The molecule has 1 aromatic heterocycles. The quantitative estimate of drug-likeness (QED) is 0.781. The van der Waals surface area contributed by atoms with Crippen LogP contribution >= 0.6 is 27.5 Å². The normalized spacial score (nSPS) is 10.6. The van der Waals surface area contributed by atoms with Gasteiger partial charge in [0, 0.05) is 10.9 Å². The first-order chi connectivity index (χ1) is 7.22. The van der Waals surface area contributed by atoms with E-state index < -0.39 is 5.82 Å². The van der Waals surface area contributed by atoms with Gasteiger partial charge < -0.3 is 4.42 Å². The van der Waals surface area contributed by atoms with Gasteiger partial charge in [-0.15, -0.1) is 0 Å². The van der Waals surface area contributed by atoms with E-state index >= 15 is 0 Å². The van der Waals surface area contributed by atoms with Crippen LogP contribution in [0.3, 0.4) is 0 Å². The van der Waals surface area contributed by atoms with Crippen LogP contribution in [0.4, 0.5) is 4.39 Å². The second-order valence-electron chi connectivity index (χ2n) is 2.89. The van der Waals surface area contributed by atoms with E-state index in [0.29, 0.717) is 16.7 Å². The Kier molecular flexibility index (Phi) is 3.07. The molecule has 0 amide bonds. The van der Waals surface area contributed by atoms with Gasteiger partial charge in [0.15, 0.2) is 12.2 Å². The second kappa shape index (κ2) is 4.33. The van der Waals surface area contributed by atoms with E-state index in [1.54, 1.807) is 6.07 Å². The lowest BCUT2D eigenvalue weighted by atomic mass is 10.1. The van der Waals surface area contributed by atoms with Crippen LogP contribution in [0.1, 0.15) is 5.69 Å². The number of hydrogen-bond acceptors (Lipinski definition) is 2. The van der Waals surface area contributed by atoms with Gasteiger partial charge in [0.2, 0.25) is 0 Å². The van der Waals surface area contributed by atoms with Crippen molar-refractivity contribution in [2.45, 2.75) is 5.33 Å². The Bertz CT molecular complexity index is 486. The fraction of sp³-hybridized carbons (Fsp3) is 0.100. The third-order valence-corrected chi connectivity index (χ3v) is 2.79. The fourth-order valence-electron chi connectivity index (χ4n) is 1.24. The molecule has 0 spiro atoms. The van der Waals surface area contributed by atoms with E-state index in [-0.39, 0.29) is 5.02 Å². The van der Waals surface area contributed by atoms with Gasteiger partial charge in [0.25, 0.3) is 0 Å². The van der Waals surface area contributed by atoms with E-state index in [1.807, 2.05) is 0 Å². The minimum absolute atomic E-state index is 0.0960. The smallest absolute Gasteiger partial charge is 0.181 e. The predicted octanol–water partition coefficient (Wildman–Crippen LogP) is 4.03. The van der Waals surface area contributed by atoms with Crippen molar-refractivity contribution in [2.24, 2.45) is 0 Å².